The highest BCUT2D eigenvalue weighted by molar-refractivity contribution is 7.90. The van der Waals surface area contributed by atoms with Gasteiger partial charge in [-0.25, -0.2) is 8.42 Å². The van der Waals surface area contributed by atoms with Crippen molar-refractivity contribution in [3.05, 3.63) is 23.8 Å². The van der Waals surface area contributed by atoms with Crippen LogP contribution in [0.1, 0.15) is 30.1 Å². The minimum absolute atomic E-state index is 0.0580. The van der Waals surface area contributed by atoms with Gasteiger partial charge in [0.2, 0.25) is 0 Å². The summed E-state index contributed by atoms with van der Waals surface area (Å²) in [6.45, 7) is 1.95. The van der Waals surface area contributed by atoms with Gasteiger partial charge >= 0.3 is 0 Å². The van der Waals surface area contributed by atoms with E-state index < -0.39 is 9.84 Å². The first kappa shape index (κ1) is 12.0. The highest BCUT2D eigenvalue weighted by atomic mass is 32.2. The van der Waals surface area contributed by atoms with Crippen molar-refractivity contribution in [1.82, 2.24) is 0 Å². The average molecular weight is 251 g/mol. The van der Waals surface area contributed by atoms with Gasteiger partial charge in [0, 0.05) is 24.0 Å². The van der Waals surface area contributed by atoms with Crippen molar-refractivity contribution in [2.45, 2.75) is 24.7 Å². The Labute approximate surface area is 100 Å². The zero-order chi connectivity index (χ0) is 12.6. The van der Waals surface area contributed by atoms with Gasteiger partial charge in [0.25, 0.3) is 0 Å². The predicted octanol–water partition coefficient (Wildman–Crippen LogP) is 2.16. The number of hydrogen-bond acceptors (Lipinski definition) is 4. The molecular formula is C12H13NO3S. The molecule has 1 aromatic carbocycles. The second-order valence-electron chi connectivity index (χ2n) is 4.08. The summed E-state index contributed by atoms with van der Waals surface area (Å²) in [5.74, 6) is -0.0580. The minimum Gasteiger partial charge on any atom is -0.294 e. The maximum Gasteiger partial charge on any atom is 0.175 e. The number of benzene rings is 1. The SMILES string of the molecule is CCC1=Nc2ccc(S(C)(=O)=O)cc2C(=O)C1. The molecule has 1 aromatic rings. The van der Waals surface area contributed by atoms with Crippen LogP contribution in [0.4, 0.5) is 5.69 Å². The van der Waals surface area contributed by atoms with Crippen molar-refractivity contribution in [3.8, 4) is 0 Å². The van der Waals surface area contributed by atoms with E-state index in [9.17, 15) is 13.2 Å². The van der Waals surface area contributed by atoms with E-state index in [0.29, 0.717) is 11.3 Å². The summed E-state index contributed by atoms with van der Waals surface area (Å²) in [5, 5.41) is 0. The molecule has 0 spiro atoms. The third kappa shape index (κ3) is 2.29. The standard InChI is InChI=1S/C12H13NO3S/c1-3-8-6-12(14)10-7-9(17(2,15)16)4-5-11(10)13-8/h4-5,7H,3,6H2,1-2H3. The number of fused-ring (bicyclic) bond motifs is 1. The molecule has 2 rings (SSSR count). The summed E-state index contributed by atoms with van der Waals surface area (Å²) in [6, 6.07) is 4.50. The molecule has 1 aliphatic heterocycles. The molecule has 0 amide bonds. The van der Waals surface area contributed by atoms with Crippen LogP contribution in [0.2, 0.25) is 0 Å². The normalized spacial score (nSPS) is 15.4. The van der Waals surface area contributed by atoms with Crippen LogP contribution in [0.15, 0.2) is 28.1 Å². The number of carbonyl (C=O) groups excluding carboxylic acids is 1. The highest BCUT2D eigenvalue weighted by Crippen LogP contribution is 2.28. The zero-order valence-electron chi connectivity index (χ0n) is 9.73. The van der Waals surface area contributed by atoms with E-state index in [-0.39, 0.29) is 17.1 Å². The summed E-state index contributed by atoms with van der Waals surface area (Å²) in [5.41, 5.74) is 1.82. The van der Waals surface area contributed by atoms with Crippen molar-refractivity contribution in [2.75, 3.05) is 6.26 Å². The topological polar surface area (TPSA) is 63.6 Å². The lowest BCUT2D eigenvalue weighted by molar-refractivity contribution is 0.0999. The Morgan fingerprint density at radius 2 is 2.06 bits per heavy atom. The number of hydrogen-bond donors (Lipinski definition) is 0. The van der Waals surface area contributed by atoms with E-state index in [1.807, 2.05) is 6.92 Å². The Hall–Kier alpha value is -1.49. The van der Waals surface area contributed by atoms with Gasteiger partial charge in [-0.2, -0.15) is 0 Å². The first-order chi connectivity index (χ1) is 7.91. The molecular weight excluding hydrogens is 238 g/mol. The molecule has 90 valence electrons. The van der Waals surface area contributed by atoms with E-state index in [1.54, 1.807) is 6.07 Å². The minimum atomic E-state index is -3.28. The van der Waals surface area contributed by atoms with E-state index in [4.69, 9.17) is 0 Å². The van der Waals surface area contributed by atoms with Gasteiger partial charge in [-0.05, 0) is 24.6 Å². The lowest BCUT2D eigenvalue weighted by atomic mass is 9.99. The Morgan fingerprint density at radius 1 is 1.35 bits per heavy atom. The molecule has 0 fully saturated rings. The van der Waals surface area contributed by atoms with Gasteiger partial charge in [-0.15, -0.1) is 0 Å². The number of carbonyl (C=O) groups is 1. The lowest BCUT2D eigenvalue weighted by Crippen LogP contribution is -2.13. The quantitative estimate of drug-likeness (QED) is 0.809. The van der Waals surface area contributed by atoms with Gasteiger partial charge in [-0.3, -0.25) is 9.79 Å². The maximum atomic E-state index is 11.9. The predicted molar refractivity (Wildman–Crippen MR) is 65.9 cm³/mol. The summed E-state index contributed by atoms with van der Waals surface area (Å²) in [4.78, 5) is 16.4. The number of nitrogens with zero attached hydrogens (tertiary/aromatic N) is 1. The number of ketones is 1. The smallest absolute Gasteiger partial charge is 0.175 e. The second kappa shape index (κ2) is 4.07. The van der Waals surface area contributed by atoms with Gasteiger partial charge in [0.15, 0.2) is 15.6 Å². The Kier molecular flexibility index (Phi) is 2.87. The van der Waals surface area contributed by atoms with Crippen LogP contribution in [-0.2, 0) is 9.84 Å². The summed E-state index contributed by atoms with van der Waals surface area (Å²) in [6.07, 6.45) is 2.15. The van der Waals surface area contributed by atoms with Gasteiger partial charge in [0.1, 0.15) is 0 Å². The molecule has 1 aliphatic rings. The monoisotopic (exact) mass is 251 g/mol. The lowest BCUT2D eigenvalue weighted by Gasteiger charge is -2.14. The van der Waals surface area contributed by atoms with E-state index >= 15 is 0 Å². The van der Waals surface area contributed by atoms with E-state index in [0.717, 1.165) is 18.4 Å². The molecule has 0 saturated heterocycles. The van der Waals surface area contributed by atoms with Crippen LogP contribution >= 0.6 is 0 Å². The molecule has 0 aliphatic carbocycles. The molecule has 1 heterocycles. The van der Waals surface area contributed by atoms with E-state index in [2.05, 4.69) is 4.99 Å². The molecule has 17 heavy (non-hydrogen) atoms. The molecule has 4 nitrogen and oxygen atoms in total. The third-order valence-corrected chi connectivity index (χ3v) is 3.86. The largest absolute Gasteiger partial charge is 0.294 e. The van der Waals surface area contributed by atoms with Gasteiger partial charge in [0.05, 0.1) is 10.6 Å². The van der Waals surface area contributed by atoms with Crippen LogP contribution in [0.5, 0.6) is 0 Å². The van der Waals surface area contributed by atoms with Crippen molar-refractivity contribution in [1.29, 1.82) is 0 Å². The molecule has 0 radical (unpaired) electrons. The fraction of sp³-hybridized carbons (Fsp3) is 0.333. The molecule has 0 bridgehead atoms. The van der Waals surface area contributed by atoms with Crippen molar-refractivity contribution >= 4 is 27.0 Å². The molecule has 0 atom stereocenters. The highest BCUT2D eigenvalue weighted by Gasteiger charge is 2.21. The molecule has 5 heteroatoms. The summed E-state index contributed by atoms with van der Waals surface area (Å²) >= 11 is 0. The first-order valence-electron chi connectivity index (χ1n) is 5.35. The van der Waals surface area contributed by atoms with Crippen LogP contribution in [0, 0.1) is 0 Å². The number of Topliss-reactive ketones (excluding diaryl/α,β-unsaturated/α-hetero) is 1. The number of rotatable bonds is 2. The summed E-state index contributed by atoms with van der Waals surface area (Å²) in [7, 11) is -3.28. The molecule has 0 unspecified atom stereocenters. The van der Waals surface area contributed by atoms with E-state index in [1.165, 1.54) is 12.1 Å². The number of sulfone groups is 1. The Bertz CT molecular complexity index is 615. The Balaban J connectivity index is 2.59. The van der Waals surface area contributed by atoms with Crippen LogP contribution < -0.4 is 0 Å². The fourth-order valence-corrected chi connectivity index (χ4v) is 2.41. The van der Waals surface area contributed by atoms with Crippen molar-refractivity contribution in [3.63, 3.8) is 0 Å². The van der Waals surface area contributed by atoms with Crippen LogP contribution in [-0.4, -0.2) is 26.2 Å². The van der Waals surface area contributed by atoms with Crippen molar-refractivity contribution < 1.29 is 13.2 Å². The van der Waals surface area contributed by atoms with Crippen LogP contribution in [0.3, 0.4) is 0 Å². The average Bonchev–Trinajstić information content (AvgIpc) is 2.27. The molecule has 0 aromatic heterocycles. The van der Waals surface area contributed by atoms with Crippen molar-refractivity contribution in [2.24, 2.45) is 4.99 Å². The zero-order valence-corrected chi connectivity index (χ0v) is 10.5. The van der Waals surface area contributed by atoms with Gasteiger partial charge in [-0.1, -0.05) is 6.92 Å². The number of aliphatic imine (C=N–C) groups is 1. The third-order valence-electron chi connectivity index (χ3n) is 2.75. The summed E-state index contributed by atoms with van der Waals surface area (Å²) < 4.78 is 22.8. The second-order valence-corrected chi connectivity index (χ2v) is 6.10. The van der Waals surface area contributed by atoms with Gasteiger partial charge < -0.3 is 0 Å². The molecule has 0 saturated carbocycles. The molecule has 0 N–H and O–H groups in total. The fourth-order valence-electron chi connectivity index (χ4n) is 1.76. The maximum absolute atomic E-state index is 11.9. The Morgan fingerprint density at radius 3 is 2.65 bits per heavy atom. The van der Waals surface area contributed by atoms with Crippen LogP contribution in [0.25, 0.3) is 0 Å². The first-order valence-corrected chi connectivity index (χ1v) is 7.24.